The first-order valence-electron chi connectivity index (χ1n) is 9.93. The lowest BCUT2D eigenvalue weighted by Gasteiger charge is -2.09. The van der Waals surface area contributed by atoms with Crippen LogP contribution >= 0.6 is 0 Å². The number of anilines is 1. The zero-order chi connectivity index (χ0) is 22.9. The Morgan fingerprint density at radius 1 is 0.875 bits per heavy atom. The van der Waals surface area contributed by atoms with Crippen molar-refractivity contribution in [3.63, 3.8) is 0 Å². The van der Waals surface area contributed by atoms with Gasteiger partial charge in [-0.25, -0.2) is 4.68 Å². The Morgan fingerprint density at radius 2 is 1.50 bits per heavy atom. The molecule has 0 saturated carbocycles. The van der Waals surface area contributed by atoms with Crippen molar-refractivity contribution in [3.05, 3.63) is 101 Å². The predicted molar refractivity (Wildman–Crippen MR) is 118 cm³/mol. The summed E-state index contributed by atoms with van der Waals surface area (Å²) in [5.74, 6) is -0.594. The molecule has 7 heteroatoms. The first-order valence-corrected chi connectivity index (χ1v) is 9.93. The smallest absolute Gasteiger partial charge is 0.321 e. The number of halogens is 3. The van der Waals surface area contributed by atoms with E-state index in [1.807, 2.05) is 62.4 Å². The summed E-state index contributed by atoms with van der Waals surface area (Å²) in [5, 5.41) is 6.98. The highest BCUT2D eigenvalue weighted by molar-refractivity contribution is 6.03. The van der Waals surface area contributed by atoms with Crippen LogP contribution in [0.4, 0.5) is 18.9 Å². The summed E-state index contributed by atoms with van der Waals surface area (Å²) >= 11 is 0. The van der Waals surface area contributed by atoms with Gasteiger partial charge < -0.3 is 5.32 Å². The van der Waals surface area contributed by atoms with E-state index in [1.54, 1.807) is 10.7 Å². The number of carbonyl (C=O) groups excluding carboxylic acids is 1. The Bertz CT molecular complexity index is 1190. The van der Waals surface area contributed by atoms with Crippen LogP contribution in [0.1, 0.15) is 27.2 Å². The lowest BCUT2D eigenvalue weighted by Crippen LogP contribution is -2.14. The lowest BCUT2D eigenvalue weighted by atomic mass is 10.1. The number of nitrogens with one attached hydrogen (secondary N) is 1. The van der Waals surface area contributed by atoms with Crippen LogP contribution in [-0.2, 0) is 6.18 Å². The molecule has 162 valence electrons. The molecule has 0 unspecified atom stereocenters. The van der Waals surface area contributed by atoms with Gasteiger partial charge in [0, 0.05) is 11.3 Å². The Morgan fingerprint density at radius 3 is 2.12 bits per heavy atom. The molecule has 0 atom stereocenters. The first-order chi connectivity index (χ1) is 15.2. The summed E-state index contributed by atoms with van der Waals surface area (Å²) in [6.07, 6.45) is -4.49. The Balaban J connectivity index is 1.71. The molecule has 1 heterocycles. The second-order valence-corrected chi connectivity index (χ2v) is 7.56. The molecule has 1 amide bonds. The first kappa shape index (κ1) is 21.4. The molecular weight excluding hydrogens is 415 g/mol. The van der Waals surface area contributed by atoms with Crippen LogP contribution in [0, 0.1) is 13.8 Å². The number of carbonyl (C=O) groups is 1. The van der Waals surface area contributed by atoms with Crippen molar-refractivity contribution in [3.8, 4) is 16.9 Å². The maximum absolute atomic E-state index is 13.0. The minimum absolute atomic E-state index is 0.0478. The summed E-state index contributed by atoms with van der Waals surface area (Å²) in [4.78, 5) is 12.8. The van der Waals surface area contributed by atoms with Crippen LogP contribution < -0.4 is 5.32 Å². The second kappa shape index (κ2) is 8.34. The topological polar surface area (TPSA) is 46.9 Å². The van der Waals surface area contributed by atoms with E-state index in [9.17, 15) is 18.0 Å². The van der Waals surface area contributed by atoms with Gasteiger partial charge >= 0.3 is 6.18 Å². The van der Waals surface area contributed by atoms with E-state index in [0.29, 0.717) is 5.69 Å². The van der Waals surface area contributed by atoms with Gasteiger partial charge in [-0.2, -0.15) is 18.3 Å². The maximum Gasteiger partial charge on any atom is 0.416 e. The number of hydrogen-bond donors (Lipinski definition) is 1. The summed E-state index contributed by atoms with van der Waals surface area (Å²) in [6, 6.07) is 21.6. The molecule has 3 aromatic carbocycles. The zero-order valence-corrected chi connectivity index (χ0v) is 17.4. The number of rotatable bonds is 4. The molecular formula is C25H20F3N3O. The van der Waals surface area contributed by atoms with E-state index in [2.05, 4.69) is 10.4 Å². The SMILES string of the molecule is Cc1ccc(-c2cc(C(=O)Nc3cccc(C(F)(F)F)c3)nn2-c2ccc(C)cc2)cc1. The van der Waals surface area contributed by atoms with Gasteiger partial charge in [-0.15, -0.1) is 0 Å². The Kier molecular flexibility index (Phi) is 5.57. The predicted octanol–water partition coefficient (Wildman–Crippen LogP) is 6.43. The quantitative estimate of drug-likeness (QED) is 0.402. The average Bonchev–Trinajstić information content (AvgIpc) is 3.20. The second-order valence-electron chi connectivity index (χ2n) is 7.56. The molecule has 0 radical (unpaired) electrons. The minimum Gasteiger partial charge on any atom is -0.321 e. The van der Waals surface area contributed by atoms with Crippen LogP contribution in [0.15, 0.2) is 78.9 Å². The van der Waals surface area contributed by atoms with Gasteiger partial charge in [0.15, 0.2) is 5.69 Å². The summed E-state index contributed by atoms with van der Waals surface area (Å²) in [5.41, 5.74) is 3.82. The number of benzene rings is 3. The number of amides is 1. The molecule has 0 aliphatic rings. The largest absolute Gasteiger partial charge is 0.416 e. The number of alkyl halides is 3. The van der Waals surface area contributed by atoms with Gasteiger partial charge in [-0.05, 0) is 50.2 Å². The van der Waals surface area contributed by atoms with E-state index >= 15 is 0 Å². The monoisotopic (exact) mass is 435 g/mol. The molecule has 0 aliphatic carbocycles. The van der Waals surface area contributed by atoms with Gasteiger partial charge in [0.05, 0.1) is 16.9 Å². The van der Waals surface area contributed by atoms with Gasteiger partial charge in [0.2, 0.25) is 0 Å². The van der Waals surface area contributed by atoms with Gasteiger partial charge in [-0.1, -0.05) is 53.6 Å². The van der Waals surface area contributed by atoms with Crippen molar-refractivity contribution >= 4 is 11.6 Å². The van der Waals surface area contributed by atoms with Gasteiger partial charge in [-0.3, -0.25) is 4.79 Å². The molecule has 0 fully saturated rings. The standard InChI is InChI=1S/C25H20F3N3O/c1-16-6-10-18(11-7-16)23-15-22(30-31(23)21-12-8-17(2)9-13-21)24(32)29-20-5-3-4-19(14-20)25(26,27)28/h3-15H,1-2H3,(H,29,32). The zero-order valence-electron chi connectivity index (χ0n) is 17.4. The molecule has 32 heavy (non-hydrogen) atoms. The van der Waals surface area contributed by atoms with E-state index < -0.39 is 17.6 Å². The van der Waals surface area contributed by atoms with E-state index in [0.717, 1.165) is 34.5 Å². The van der Waals surface area contributed by atoms with Crippen molar-refractivity contribution in [1.29, 1.82) is 0 Å². The normalized spacial score (nSPS) is 11.4. The lowest BCUT2D eigenvalue weighted by molar-refractivity contribution is -0.137. The number of hydrogen-bond acceptors (Lipinski definition) is 2. The fraction of sp³-hybridized carbons (Fsp3) is 0.120. The number of nitrogens with zero attached hydrogens (tertiary/aromatic N) is 2. The molecule has 0 saturated heterocycles. The molecule has 0 aliphatic heterocycles. The average molecular weight is 435 g/mol. The molecule has 4 nitrogen and oxygen atoms in total. The highest BCUT2D eigenvalue weighted by Gasteiger charge is 2.30. The molecule has 4 rings (SSSR count). The van der Waals surface area contributed by atoms with Crippen molar-refractivity contribution < 1.29 is 18.0 Å². The highest BCUT2D eigenvalue weighted by atomic mass is 19.4. The van der Waals surface area contributed by atoms with Crippen LogP contribution in [0.25, 0.3) is 16.9 Å². The van der Waals surface area contributed by atoms with Crippen molar-refractivity contribution in [2.24, 2.45) is 0 Å². The van der Waals surface area contributed by atoms with E-state index in [4.69, 9.17) is 0 Å². The van der Waals surface area contributed by atoms with Crippen LogP contribution in [0.3, 0.4) is 0 Å². The van der Waals surface area contributed by atoms with E-state index in [1.165, 1.54) is 12.1 Å². The van der Waals surface area contributed by atoms with Crippen LogP contribution in [-0.4, -0.2) is 15.7 Å². The molecule has 4 aromatic rings. The van der Waals surface area contributed by atoms with Crippen molar-refractivity contribution in [1.82, 2.24) is 9.78 Å². The molecule has 1 aromatic heterocycles. The highest BCUT2D eigenvalue weighted by Crippen LogP contribution is 2.31. The summed E-state index contributed by atoms with van der Waals surface area (Å²) in [6.45, 7) is 3.96. The number of aryl methyl sites for hydroxylation is 2. The fourth-order valence-electron chi connectivity index (χ4n) is 3.27. The van der Waals surface area contributed by atoms with Crippen molar-refractivity contribution in [2.45, 2.75) is 20.0 Å². The number of aromatic nitrogens is 2. The van der Waals surface area contributed by atoms with Crippen LogP contribution in [0.5, 0.6) is 0 Å². The third-order valence-corrected chi connectivity index (χ3v) is 5.02. The third kappa shape index (κ3) is 4.56. The third-order valence-electron chi connectivity index (χ3n) is 5.02. The van der Waals surface area contributed by atoms with E-state index in [-0.39, 0.29) is 11.4 Å². The summed E-state index contributed by atoms with van der Waals surface area (Å²) in [7, 11) is 0. The maximum atomic E-state index is 13.0. The Labute approximate surface area is 183 Å². The molecule has 0 spiro atoms. The summed E-state index contributed by atoms with van der Waals surface area (Å²) < 4.78 is 40.6. The van der Waals surface area contributed by atoms with Crippen LogP contribution in [0.2, 0.25) is 0 Å². The van der Waals surface area contributed by atoms with Gasteiger partial charge in [0.25, 0.3) is 5.91 Å². The van der Waals surface area contributed by atoms with Crippen molar-refractivity contribution in [2.75, 3.05) is 5.32 Å². The Hall–Kier alpha value is -3.87. The minimum atomic E-state index is -4.49. The van der Waals surface area contributed by atoms with Gasteiger partial charge in [0.1, 0.15) is 0 Å². The fourth-order valence-corrected chi connectivity index (χ4v) is 3.27. The molecule has 1 N–H and O–H groups in total. The molecule has 0 bridgehead atoms.